The van der Waals surface area contributed by atoms with Gasteiger partial charge in [-0.15, -0.1) is 10.2 Å². The molecule has 0 aliphatic carbocycles. The van der Waals surface area contributed by atoms with Crippen LogP contribution in [0.3, 0.4) is 0 Å². The van der Waals surface area contributed by atoms with Crippen LogP contribution in [-0.2, 0) is 4.74 Å². The molecule has 60 valence electrons. The molecule has 0 aromatic carbocycles. The molecule has 0 atom stereocenters. The van der Waals surface area contributed by atoms with E-state index in [1.807, 2.05) is 22.6 Å². The van der Waals surface area contributed by atoms with Gasteiger partial charge in [-0.2, -0.15) is 0 Å². The second kappa shape index (κ2) is 3.96. The highest BCUT2D eigenvalue weighted by Gasteiger charge is 2.11. The van der Waals surface area contributed by atoms with Gasteiger partial charge in [0.25, 0.3) is 0 Å². The summed E-state index contributed by atoms with van der Waals surface area (Å²) in [7, 11) is 0. The molecule has 0 fully saturated rings. The molecule has 0 aliphatic rings. The standard InChI is InChI=1S/C5H5IN2O2S/c1-3-7-8-4(11-3)5(9)10-2-6/h2H2,1H3. The number of esters is 1. The van der Waals surface area contributed by atoms with E-state index in [0.29, 0.717) is 9.62 Å². The Morgan fingerprint density at radius 1 is 1.73 bits per heavy atom. The van der Waals surface area contributed by atoms with Crippen molar-refractivity contribution in [1.29, 1.82) is 0 Å². The van der Waals surface area contributed by atoms with Crippen LogP contribution >= 0.6 is 33.9 Å². The summed E-state index contributed by atoms with van der Waals surface area (Å²) in [6.07, 6.45) is 0. The highest BCUT2D eigenvalue weighted by atomic mass is 127. The molecule has 1 aromatic heterocycles. The van der Waals surface area contributed by atoms with Crippen molar-refractivity contribution in [3.8, 4) is 0 Å². The third-order valence-electron chi connectivity index (χ3n) is 0.886. The summed E-state index contributed by atoms with van der Waals surface area (Å²) in [5.74, 6) is -0.398. The van der Waals surface area contributed by atoms with Crippen molar-refractivity contribution in [2.75, 3.05) is 4.61 Å². The molecule has 0 aliphatic heterocycles. The van der Waals surface area contributed by atoms with Crippen molar-refractivity contribution in [2.45, 2.75) is 6.92 Å². The molecule has 6 heteroatoms. The van der Waals surface area contributed by atoms with Gasteiger partial charge in [-0.1, -0.05) is 11.3 Å². The lowest BCUT2D eigenvalue weighted by atomic mass is 10.7. The van der Waals surface area contributed by atoms with E-state index >= 15 is 0 Å². The highest BCUT2D eigenvalue weighted by molar-refractivity contribution is 14.1. The van der Waals surface area contributed by atoms with Crippen LogP contribution in [0.1, 0.15) is 14.8 Å². The van der Waals surface area contributed by atoms with E-state index in [4.69, 9.17) is 4.74 Å². The van der Waals surface area contributed by atoms with Gasteiger partial charge in [0.1, 0.15) is 9.62 Å². The number of carbonyl (C=O) groups is 1. The number of nitrogens with zero attached hydrogens (tertiary/aromatic N) is 2. The quantitative estimate of drug-likeness (QED) is 0.468. The van der Waals surface area contributed by atoms with Crippen molar-refractivity contribution in [3.63, 3.8) is 0 Å². The zero-order valence-corrected chi connectivity index (χ0v) is 8.68. The molecule has 0 unspecified atom stereocenters. The molecule has 0 N–H and O–H groups in total. The van der Waals surface area contributed by atoms with Gasteiger partial charge in [-0.05, 0) is 29.5 Å². The van der Waals surface area contributed by atoms with Crippen molar-refractivity contribution in [1.82, 2.24) is 10.2 Å². The van der Waals surface area contributed by atoms with Gasteiger partial charge in [0.05, 0.1) is 0 Å². The van der Waals surface area contributed by atoms with Crippen LogP contribution in [0.25, 0.3) is 0 Å². The molecule has 0 saturated heterocycles. The predicted molar refractivity (Wildman–Crippen MR) is 48.9 cm³/mol. The third-order valence-corrected chi connectivity index (χ3v) is 2.02. The minimum Gasteiger partial charge on any atom is -0.450 e. The molecular formula is C5H5IN2O2S. The molecule has 1 heterocycles. The highest BCUT2D eigenvalue weighted by Crippen LogP contribution is 2.09. The monoisotopic (exact) mass is 284 g/mol. The van der Waals surface area contributed by atoms with Crippen LogP contribution < -0.4 is 0 Å². The molecule has 1 aromatic rings. The van der Waals surface area contributed by atoms with Crippen LogP contribution in [-0.4, -0.2) is 20.8 Å². The molecule has 1 rings (SSSR count). The number of halogens is 1. The molecule has 0 amide bonds. The fourth-order valence-electron chi connectivity index (χ4n) is 0.490. The van der Waals surface area contributed by atoms with Crippen LogP contribution in [0.2, 0.25) is 0 Å². The van der Waals surface area contributed by atoms with Crippen LogP contribution in [0.15, 0.2) is 0 Å². The molecule has 11 heavy (non-hydrogen) atoms. The number of rotatable bonds is 2. The first-order valence-corrected chi connectivity index (χ1v) is 5.11. The van der Waals surface area contributed by atoms with E-state index in [2.05, 4.69) is 10.2 Å². The summed E-state index contributed by atoms with van der Waals surface area (Å²) in [5.41, 5.74) is 0. The molecule has 4 nitrogen and oxygen atoms in total. The second-order valence-corrected chi connectivity index (χ2v) is 3.47. The minimum atomic E-state index is -0.398. The second-order valence-electron chi connectivity index (χ2n) is 1.67. The SMILES string of the molecule is Cc1nnc(C(=O)OCI)s1. The van der Waals surface area contributed by atoms with Gasteiger partial charge in [0, 0.05) is 0 Å². The van der Waals surface area contributed by atoms with Crippen molar-refractivity contribution < 1.29 is 9.53 Å². The van der Waals surface area contributed by atoms with Crippen LogP contribution in [0.4, 0.5) is 0 Å². The Morgan fingerprint density at radius 2 is 2.45 bits per heavy atom. The number of carbonyl (C=O) groups excluding carboxylic acids is 1. The van der Waals surface area contributed by atoms with Gasteiger partial charge in [-0.25, -0.2) is 4.79 Å². The summed E-state index contributed by atoms with van der Waals surface area (Å²) in [4.78, 5) is 10.9. The number of aryl methyl sites for hydroxylation is 1. The van der Waals surface area contributed by atoms with E-state index < -0.39 is 5.97 Å². The smallest absolute Gasteiger partial charge is 0.370 e. The Hall–Kier alpha value is -0.240. The molecule has 0 radical (unpaired) electrons. The first kappa shape index (κ1) is 8.85. The Morgan fingerprint density at radius 3 is 2.91 bits per heavy atom. The zero-order valence-electron chi connectivity index (χ0n) is 5.70. The van der Waals surface area contributed by atoms with Gasteiger partial charge >= 0.3 is 5.97 Å². The van der Waals surface area contributed by atoms with Gasteiger partial charge < -0.3 is 4.74 Å². The molecule has 0 spiro atoms. The summed E-state index contributed by atoms with van der Waals surface area (Å²) < 4.78 is 5.04. The van der Waals surface area contributed by atoms with Crippen molar-refractivity contribution in [2.24, 2.45) is 0 Å². The van der Waals surface area contributed by atoms with E-state index in [0.717, 1.165) is 5.01 Å². The fraction of sp³-hybridized carbons (Fsp3) is 0.400. The molecular weight excluding hydrogens is 279 g/mol. The van der Waals surface area contributed by atoms with E-state index in [-0.39, 0.29) is 0 Å². The lowest BCUT2D eigenvalue weighted by Gasteiger charge is -1.92. The van der Waals surface area contributed by atoms with E-state index in [9.17, 15) is 4.79 Å². The summed E-state index contributed by atoms with van der Waals surface area (Å²) >= 11 is 3.19. The summed E-state index contributed by atoms with van der Waals surface area (Å²) in [5, 5.41) is 8.40. The molecule has 0 bridgehead atoms. The average Bonchev–Trinajstić information content (AvgIpc) is 2.36. The first-order chi connectivity index (χ1) is 5.24. The van der Waals surface area contributed by atoms with Crippen LogP contribution in [0.5, 0.6) is 0 Å². The Balaban J connectivity index is 2.69. The topological polar surface area (TPSA) is 52.1 Å². The maximum atomic E-state index is 10.9. The number of hydrogen-bond donors (Lipinski definition) is 0. The number of ether oxygens (including phenoxy) is 1. The Kier molecular flexibility index (Phi) is 3.18. The fourth-order valence-corrected chi connectivity index (χ4v) is 1.36. The largest absolute Gasteiger partial charge is 0.450 e. The Bertz CT molecular complexity index is 263. The zero-order chi connectivity index (χ0) is 8.27. The lowest BCUT2D eigenvalue weighted by molar-refractivity contribution is 0.0589. The Labute approximate surface area is 81.1 Å². The van der Waals surface area contributed by atoms with Gasteiger partial charge in [-0.3, -0.25) is 0 Å². The third kappa shape index (κ3) is 2.37. The normalized spacial score (nSPS) is 9.64. The number of aromatic nitrogens is 2. The number of hydrogen-bond acceptors (Lipinski definition) is 5. The number of alkyl halides is 1. The summed E-state index contributed by atoms with van der Waals surface area (Å²) in [6.45, 7) is 1.79. The average molecular weight is 284 g/mol. The molecule has 0 saturated carbocycles. The van der Waals surface area contributed by atoms with Gasteiger partial charge in [0.15, 0.2) is 0 Å². The van der Waals surface area contributed by atoms with Crippen LogP contribution in [0, 0.1) is 6.92 Å². The maximum absolute atomic E-state index is 10.9. The van der Waals surface area contributed by atoms with Crippen molar-refractivity contribution in [3.05, 3.63) is 10.0 Å². The lowest BCUT2D eigenvalue weighted by Crippen LogP contribution is -2.02. The van der Waals surface area contributed by atoms with E-state index in [1.54, 1.807) is 6.92 Å². The maximum Gasteiger partial charge on any atom is 0.370 e. The predicted octanol–water partition coefficient (Wildman–Crippen LogP) is 1.40. The minimum absolute atomic E-state index is 0.319. The van der Waals surface area contributed by atoms with Gasteiger partial charge in [0.2, 0.25) is 5.01 Å². The van der Waals surface area contributed by atoms with E-state index in [1.165, 1.54) is 11.3 Å². The first-order valence-electron chi connectivity index (χ1n) is 2.77. The van der Waals surface area contributed by atoms with Crippen molar-refractivity contribution >= 4 is 39.9 Å². The summed E-state index contributed by atoms with van der Waals surface area (Å²) in [6, 6.07) is 0.